The predicted molar refractivity (Wildman–Crippen MR) is 125 cm³/mol. The minimum atomic E-state index is -0.619. The lowest BCUT2D eigenvalue weighted by molar-refractivity contribution is -0.134. The van der Waals surface area contributed by atoms with E-state index in [1.54, 1.807) is 12.1 Å². The topological polar surface area (TPSA) is 65.2 Å². The summed E-state index contributed by atoms with van der Waals surface area (Å²) in [5.74, 6) is -0.197. The number of carbonyl (C=O) groups excluding carboxylic acids is 2. The number of fused-ring (bicyclic) bond motifs is 3. The number of aromatic amines is 1. The van der Waals surface area contributed by atoms with Crippen LogP contribution in [0.5, 0.6) is 0 Å². The zero-order chi connectivity index (χ0) is 22.1. The molecule has 5 nitrogen and oxygen atoms in total. The zero-order valence-electron chi connectivity index (χ0n) is 17.5. The molecule has 3 aromatic rings. The lowest BCUT2D eigenvalue weighted by Gasteiger charge is -2.31. The zero-order valence-corrected chi connectivity index (χ0v) is 19.1. The molecule has 1 atom stereocenters. The van der Waals surface area contributed by atoms with Gasteiger partial charge < -0.3 is 15.2 Å². The van der Waals surface area contributed by atoms with Gasteiger partial charge in [0.25, 0.3) is 5.91 Å². The fourth-order valence-electron chi connectivity index (χ4n) is 4.18. The van der Waals surface area contributed by atoms with Crippen molar-refractivity contribution in [1.82, 2.24) is 15.2 Å². The normalized spacial score (nSPS) is 14.5. The van der Waals surface area contributed by atoms with E-state index >= 15 is 0 Å². The van der Waals surface area contributed by atoms with E-state index in [1.807, 2.05) is 30.9 Å². The third-order valence-electron chi connectivity index (χ3n) is 5.68. The first-order valence-electron chi connectivity index (χ1n) is 10.5. The Bertz CT molecular complexity index is 1140. The molecule has 2 heterocycles. The Hall–Kier alpha value is -2.50. The SMILES string of the molecule is CC(C)C[C@@H](NC(=O)c1ccc(Cl)cc1Cl)C(=O)N1CCc2[nH]c3ccccc3c2C1. The first-order valence-corrected chi connectivity index (χ1v) is 11.2. The number of nitrogens with one attached hydrogen (secondary N) is 2. The Balaban J connectivity index is 1.55. The maximum atomic E-state index is 13.5. The molecule has 4 rings (SSSR count). The first-order chi connectivity index (χ1) is 14.8. The number of benzene rings is 2. The summed E-state index contributed by atoms with van der Waals surface area (Å²) in [6.07, 6.45) is 1.31. The highest BCUT2D eigenvalue weighted by molar-refractivity contribution is 6.36. The fraction of sp³-hybridized carbons (Fsp3) is 0.333. The first kappa shape index (κ1) is 21.7. The molecule has 7 heteroatoms. The van der Waals surface area contributed by atoms with Crippen molar-refractivity contribution < 1.29 is 9.59 Å². The summed E-state index contributed by atoms with van der Waals surface area (Å²) in [5, 5.41) is 4.78. The molecule has 0 radical (unpaired) electrons. The summed E-state index contributed by atoms with van der Waals surface area (Å²) in [6, 6.07) is 12.2. The lowest BCUT2D eigenvalue weighted by atomic mass is 9.99. The maximum absolute atomic E-state index is 13.5. The third-order valence-corrected chi connectivity index (χ3v) is 6.23. The molecular formula is C24H25Cl2N3O2. The van der Waals surface area contributed by atoms with Crippen molar-refractivity contribution in [3.8, 4) is 0 Å². The number of halogens is 2. The minimum absolute atomic E-state index is 0.0666. The van der Waals surface area contributed by atoms with Gasteiger partial charge in [-0.25, -0.2) is 0 Å². The van der Waals surface area contributed by atoms with Crippen LogP contribution in [-0.2, 0) is 17.8 Å². The van der Waals surface area contributed by atoms with E-state index < -0.39 is 6.04 Å². The molecular weight excluding hydrogens is 433 g/mol. The molecule has 0 saturated heterocycles. The van der Waals surface area contributed by atoms with Crippen molar-refractivity contribution in [2.24, 2.45) is 5.92 Å². The van der Waals surface area contributed by atoms with E-state index in [1.165, 1.54) is 11.8 Å². The van der Waals surface area contributed by atoms with Crippen LogP contribution in [0.3, 0.4) is 0 Å². The van der Waals surface area contributed by atoms with Gasteiger partial charge in [-0.2, -0.15) is 0 Å². The molecule has 1 aliphatic heterocycles. The van der Waals surface area contributed by atoms with E-state index in [2.05, 4.69) is 22.4 Å². The third kappa shape index (κ3) is 4.58. The molecule has 1 aromatic heterocycles. The van der Waals surface area contributed by atoms with Crippen molar-refractivity contribution in [1.29, 1.82) is 0 Å². The maximum Gasteiger partial charge on any atom is 0.253 e. The highest BCUT2D eigenvalue weighted by Crippen LogP contribution is 2.28. The van der Waals surface area contributed by atoms with Gasteiger partial charge in [0.05, 0.1) is 10.6 Å². The Morgan fingerprint density at radius 3 is 2.68 bits per heavy atom. The van der Waals surface area contributed by atoms with Crippen LogP contribution in [0.15, 0.2) is 42.5 Å². The molecule has 2 aromatic carbocycles. The van der Waals surface area contributed by atoms with Crippen LogP contribution >= 0.6 is 23.2 Å². The summed E-state index contributed by atoms with van der Waals surface area (Å²) < 4.78 is 0. The van der Waals surface area contributed by atoms with Gasteiger partial charge in [0.2, 0.25) is 5.91 Å². The van der Waals surface area contributed by atoms with E-state index in [0.717, 1.165) is 22.9 Å². The number of aromatic nitrogens is 1. The molecule has 1 aliphatic rings. The van der Waals surface area contributed by atoms with Crippen molar-refractivity contribution >= 4 is 45.9 Å². The van der Waals surface area contributed by atoms with Gasteiger partial charge in [-0.15, -0.1) is 0 Å². The number of para-hydroxylation sites is 1. The quantitative estimate of drug-likeness (QED) is 0.552. The Labute approximate surface area is 191 Å². The average Bonchev–Trinajstić information content (AvgIpc) is 3.10. The number of nitrogens with zero attached hydrogens (tertiary/aromatic N) is 1. The smallest absolute Gasteiger partial charge is 0.253 e. The minimum Gasteiger partial charge on any atom is -0.358 e. The molecule has 0 aliphatic carbocycles. The largest absolute Gasteiger partial charge is 0.358 e. The fourth-order valence-corrected chi connectivity index (χ4v) is 4.67. The summed E-state index contributed by atoms with van der Waals surface area (Å²) in [5.41, 5.74) is 3.74. The summed E-state index contributed by atoms with van der Waals surface area (Å²) >= 11 is 12.1. The molecule has 0 fully saturated rings. The molecule has 31 heavy (non-hydrogen) atoms. The van der Waals surface area contributed by atoms with Crippen molar-refractivity contribution in [2.75, 3.05) is 6.54 Å². The van der Waals surface area contributed by atoms with Crippen LogP contribution in [0.2, 0.25) is 10.0 Å². The van der Waals surface area contributed by atoms with Crippen LogP contribution in [-0.4, -0.2) is 34.3 Å². The molecule has 0 saturated carbocycles. The molecule has 0 unspecified atom stereocenters. The molecule has 2 amide bonds. The van der Waals surface area contributed by atoms with Gasteiger partial charge >= 0.3 is 0 Å². The second-order valence-electron chi connectivity index (χ2n) is 8.42. The van der Waals surface area contributed by atoms with Crippen LogP contribution < -0.4 is 5.32 Å². The monoisotopic (exact) mass is 457 g/mol. The highest BCUT2D eigenvalue weighted by atomic mass is 35.5. The molecule has 0 spiro atoms. The second kappa shape index (κ2) is 8.93. The van der Waals surface area contributed by atoms with Gasteiger partial charge in [-0.3, -0.25) is 9.59 Å². The Kier molecular flexibility index (Phi) is 6.26. The number of carbonyl (C=O) groups is 2. The molecule has 0 bridgehead atoms. The number of amides is 2. The Morgan fingerprint density at radius 2 is 1.94 bits per heavy atom. The van der Waals surface area contributed by atoms with Crippen LogP contribution in [0.4, 0.5) is 0 Å². The summed E-state index contributed by atoms with van der Waals surface area (Å²) in [4.78, 5) is 31.6. The van der Waals surface area contributed by atoms with Crippen LogP contribution in [0.25, 0.3) is 10.9 Å². The van der Waals surface area contributed by atoms with E-state index in [9.17, 15) is 9.59 Å². The lowest BCUT2D eigenvalue weighted by Crippen LogP contribution is -2.50. The summed E-state index contributed by atoms with van der Waals surface area (Å²) in [6.45, 7) is 5.22. The highest BCUT2D eigenvalue weighted by Gasteiger charge is 2.31. The van der Waals surface area contributed by atoms with Gasteiger partial charge in [-0.1, -0.05) is 55.2 Å². The van der Waals surface area contributed by atoms with E-state index in [4.69, 9.17) is 23.2 Å². The van der Waals surface area contributed by atoms with Gasteiger partial charge in [0.1, 0.15) is 6.04 Å². The van der Waals surface area contributed by atoms with Gasteiger partial charge in [-0.05, 0) is 36.6 Å². The van der Waals surface area contributed by atoms with Crippen LogP contribution in [0.1, 0.15) is 41.9 Å². The second-order valence-corrected chi connectivity index (χ2v) is 9.26. The van der Waals surface area contributed by atoms with Crippen molar-refractivity contribution in [3.05, 3.63) is 69.3 Å². The number of rotatable bonds is 5. The molecule has 2 N–H and O–H groups in total. The number of H-pyrrole nitrogens is 1. The number of hydrogen-bond donors (Lipinski definition) is 2. The Morgan fingerprint density at radius 1 is 1.16 bits per heavy atom. The predicted octanol–water partition coefficient (Wildman–Crippen LogP) is 5.20. The number of hydrogen-bond acceptors (Lipinski definition) is 2. The van der Waals surface area contributed by atoms with Crippen molar-refractivity contribution in [2.45, 2.75) is 39.3 Å². The van der Waals surface area contributed by atoms with Crippen LogP contribution in [0, 0.1) is 5.92 Å². The van der Waals surface area contributed by atoms with Gasteiger partial charge in [0.15, 0.2) is 0 Å². The summed E-state index contributed by atoms with van der Waals surface area (Å²) in [7, 11) is 0. The molecule has 162 valence electrons. The average molecular weight is 458 g/mol. The van der Waals surface area contributed by atoms with Crippen molar-refractivity contribution in [3.63, 3.8) is 0 Å². The standard InChI is InChI=1S/C24H25Cl2N3O2/c1-14(2)11-22(28-23(30)17-8-7-15(25)12-19(17)26)24(31)29-10-9-21-18(13-29)16-5-3-4-6-20(16)27-21/h3-8,12,14,22,27H,9-11,13H2,1-2H3,(H,28,30)/t22-/m1/s1. The van der Waals surface area contributed by atoms with Gasteiger partial charge in [0, 0.05) is 46.7 Å². The van der Waals surface area contributed by atoms with E-state index in [-0.39, 0.29) is 22.8 Å². The van der Waals surface area contributed by atoms with E-state index in [0.29, 0.717) is 30.1 Å².